The fourth-order valence-electron chi connectivity index (χ4n) is 1.17. The minimum absolute atomic E-state index is 0.0512. The van der Waals surface area contributed by atoms with Gasteiger partial charge in [0.05, 0.1) is 0 Å². The van der Waals surface area contributed by atoms with Gasteiger partial charge in [0.15, 0.2) is 0 Å². The van der Waals surface area contributed by atoms with Crippen molar-refractivity contribution in [3.05, 3.63) is 24.3 Å². The number of benzene rings is 1. The number of hydrazone groups is 1. The average Bonchev–Trinajstić information content (AvgIpc) is 2.73. The molecule has 1 heterocycles. The van der Waals surface area contributed by atoms with Crippen LogP contribution in [-0.2, 0) is 4.79 Å². The Bertz CT molecular complexity index is 417. The van der Waals surface area contributed by atoms with Crippen LogP contribution in [0.25, 0.3) is 0 Å². The molecule has 1 aromatic rings. The second-order valence-corrected chi connectivity index (χ2v) is 5.12. The van der Waals surface area contributed by atoms with Crippen molar-refractivity contribution in [2.75, 3.05) is 12.5 Å². The van der Waals surface area contributed by atoms with E-state index in [4.69, 9.17) is 4.74 Å². The van der Waals surface area contributed by atoms with Gasteiger partial charge in [-0.1, -0.05) is 0 Å². The Morgan fingerprint density at radius 1 is 1.44 bits per heavy atom. The van der Waals surface area contributed by atoms with E-state index >= 15 is 0 Å². The van der Waals surface area contributed by atoms with Gasteiger partial charge in [-0.2, -0.15) is 0 Å². The Hall–Kier alpha value is -1.52. The molecule has 0 unspecified atom stereocenters. The fourth-order valence-corrected chi connectivity index (χ4v) is 2.50. The van der Waals surface area contributed by atoms with Crippen molar-refractivity contribution in [2.24, 2.45) is 5.10 Å². The molecule has 1 fully saturated rings. The zero-order valence-corrected chi connectivity index (χ0v) is 10.4. The molecule has 1 aliphatic heterocycles. The van der Waals surface area contributed by atoms with Crippen LogP contribution in [0.4, 0.5) is 5.69 Å². The van der Waals surface area contributed by atoms with Gasteiger partial charge in [0.1, 0.15) is 0 Å². The molecule has 2 rings (SSSR count). The standard InChI is InChI=1S/C10H11N3O2Se/c1-15-8-4-2-7(3-5-8)12-13-10-11-9(14)6-16-10/h2-5,12H,6H2,1H3,(H,11,13,14). The molecule has 0 atom stereocenters. The molecule has 1 amide bonds. The maximum atomic E-state index is 10.9. The maximum absolute atomic E-state index is 10.9. The molecular weight excluding hydrogens is 273 g/mol. The van der Waals surface area contributed by atoms with Crippen molar-refractivity contribution in [2.45, 2.75) is 5.32 Å². The molecule has 6 heteroatoms. The van der Waals surface area contributed by atoms with Crippen LogP contribution in [0.5, 0.6) is 5.75 Å². The number of amides is 1. The molecule has 0 saturated carbocycles. The predicted octanol–water partition coefficient (Wildman–Crippen LogP) is 0.630. The second-order valence-electron chi connectivity index (χ2n) is 3.09. The number of hydrogen-bond acceptors (Lipinski definition) is 4. The molecule has 1 aromatic carbocycles. The zero-order chi connectivity index (χ0) is 11.4. The van der Waals surface area contributed by atoms with E-state index in [9.17, 15) is 4.79 Å². The number of nitrogens with zero attached hydrogens (tertiary/aromatic N) is 1. The van der Waals surface area contributed by atoms with Crippen molar-refractivity contribution in [3.8, 4) is 5.75 Å². The summed E-state index contributed by atoms with van der Waals surface area (Å²) in [5.74, 6) is 0.854. The molecule has 2 N–H and O–H groups in total. The van der Waals surface area contributed by atoms with Gasteiger partial charge in [-0.3, -0.25) is 0 Å². The summed E-state index contributed by atoms with van der Waals surface area (Å²) < 4.78 is 5.79. The Balaban J connectivity index is 1.96. The molecule has 0 spiro atoms. The third-order valence-electron chi connectivity index (χ3n) is 1.96. The molecule has 0 radical (unpaired) electrons. The molecule has 84 valence electrons. The van der Waals surface area contributed by atoms with Crippen molar-refractivity contribution in [1.82, 2.24) is 5.32 Å². The summed E-state index contributed by atoms with van der Waals surface area (Å²) >= 11 is 0.135. The van der Waals surface area contributed by atoms with Crippen LogP contribution in [0, 0.1) is 0 Å². The summed E-state index contributed by atoms with van der Waals surface area (Å²) in [6.07, 6.45) is 0. The molecule has 0 bridgehead atoms. The van der Waals surface area contributed by atoms with Crippen LogP contribution in [0.2, 0.25) is 5.32 Å². The van der Waals surface area contributed by atoms with E-state index in [-0.39, 0.29) is 20.9 Å². The summed E-state index contributed by atoms with van der Waals surface area (Å²) in [6.45, 7) is 0. The van der Waals surface area contributed by atoms with Crippen molar-refractivity contribution >= 4 is 31.3 Å². The van der Waals surface area contributed by atoms with Crippen LogP contribution in [0.15, 0.2) is 29.4 Å². The number of carbonyl (C=O) groups is 1. The third kappa shape index (κ3) is 2.74. The summed E-state index contributed by atoms with van der Waals surface area (Å²) in [4.78, 5) is 10.9. The molecule has 1 aliphatic rings. The average molecular weight is 284 g/mol. The van der Waals surface area contributed by atoms with Gasteiger partial charge in [-0.05, 0) is 0 Å². The SMILES string of the molecule is COc1ccc(N/N=C2/NC(=O)C[Se]2)cc1. The van der Waals surface area contributed by atoms with Gasteiger partial charge >= 0.3 is 99.1 Å². The van der Waals surface area contributed by atoms with Crippen LogP contribution >= 0.6 is 0 Å². The van der Waals surface area contributed by atoms with Gasteiger partial charge in [-0.15, -0.1) is 0 Å². The van der Waals surface area contributed by atoms with Gasteiger partial charge in [0.2, 0.25) is 0 Å². The van der Waals surface area contributed by atoms with Crippen LogP contribution in [0.3, 0.4) is 0 Å². The number of rotatable bonds is 3. The van der Waals surface area contributed by atoms with Gasteiger partial charge < -0.3 is 0 Å². The zero-order valence-electron chi connectivity index (χ0n) is 8.69. The molecule has 0 aliphatic carbocycles. The number of carbonyl (C=O) groups excluding carboxylic acids is 1. The van der Waals surface area contributed by atoms with Gasteiger partial charge in [-0.25, -0.2) is 0 Å². The number of methoxy groups -OCH3 is 1. The van der Waals surface area contributed by atoms with Crippen molar-refractivity contribution in [1.29, 1.82) is 0 Å². The quantitative estimate of drug-likeness (QED) is 0.632. The van der Waals surface area contributed by atoms with E-state index in [0.29, 0.717) is 5.32 Å². The third-order valence-corrected chi connectivity index (χ3v) is 3.80. The van der Waals surface area contributed by atoms with Crippen molar-refractivity contribution < 1.29 is 9.53 Å². The second kappa shape index (κ2) is 5.01. The summed E-state index contributed by atoms with van der Waals surface area (Å²) in [5.41, 5.74) is 3.76. The Labute approximate surface area is 99.4 Å². The first-order valence-electron chi connectivity index (χ1n) is 4.68. The van der Waals surface area contributed by atoms with Gasteiger partial charge in [0, 0.05) is 0 Å². The molecule has 1 saturated heterocycles. The first kappa shape index (κ1) is 11.0. The normalized spacial score (nSPS) is 17.3. The number of hydrogen-bond donors (Lipinski definition) is 2. The number of amidine groups is 1. The van der Waals surface area contributed by atoms with E-state index in [1.807, 2.05) is 24.3 Å². The predicted molar refractivity (Wildman–Crippen MR) is 62.8 cm³/mol. The summed E-state index contributed by atoms with van der Waals surface area (Å²) in [6, 6.07) is 7.43. The monoisotopic (exact) mass is 285 g/mol. The van der Waals surface area contributed by atoms with Crippen molar-refractivity contribution in [3.63, 3.8) is 0 Å². The Morgan fingerprint density at radius 3 is 2.75 bits per heavy atom. The van der Waals surface area contributed by atoms with Crippen LogP contribution in [-0.4, -0.2) is 32.7 Å². The molecule has 0 aromatic heterocycles. The molecule has 16 heavy (non-hydrogen) atoms. The summed E-state index contributed by atoms with van der Waals surface area (Å²) in [5, 5.41) is 7.40. The first-order valence-corrected chi connectivity index (χ1v) is 6.75. The van der Waals surface area contributed by atoms with E-state index in [2.05, 4.69) is 15.8 Å². The van der Waals surface area contributed by atoms with E-state index in [0.717, 1.165) is 16.2 Å². The van der Waals surface area contributed by atoms with Crippen LogP contribution in [0.1, 0.15) is 0 Å². The van der Waals surface area contributed by atoms with E-state index < -0.39 is 0 Å². The first-order chi connectivity index (χ1) is 7.78. The summed E-state index contributed by atoms with van der Waals surface area (Å²) in [7, 11) is 1.62. The topological polar surface area (TPSA) is 62.7 Å². The number of nitrogens with one attached hydrogen (secondary N) is 2. The number of ether oxygens (including phenoxy) is 1. The Kier molecular flexibility index (Phi) is 3.43. The Morgan fingerprint density at radius 2 is 2.19 bits per heavy atom. The fraction of sp³-hybridized carbons (Fsp3) is 0.200. The van der Waals surface area contributed by atoms with Crippen LogP contribution < -0.4 is 15.5 Å². The van der Waals surface area contributed by atoms with E-state index in [1.165, 1.54) is 0 Å². The molecule has 5 nitrogen and oxygen atoms in total. The number of anilines is 1. The molecular formula is C10H11N3O2Se. The minimum atomic E-state index is 0.0512. The van der Waals surface area contributed by atoms with E-state index in [1.54, 1.807) is 7.11 Å². The van der Waals surface area contributed by atoms with Gasteiger partial charge in [0.25, 0.3) is 0 Å².